The van der Waals surface area contributed by atoms with E-state index in [1.165, 1.54) is 6.07 Å². The van der Waals surface area contributed by atoms with Gasteiger partial charge in [-0.3, -0.25) is 4.79 Å². The summed E-state index contributed by atoms with van der Waals surface area (Å²) in [5.41, 5.74) is 1.51. The predicted octanol–water partition coefficient (Wildman–Crippen LogP) is 1.66. The molecule has 4 nitrogen and oxygen atoms in total. The summed E-state index contributed by atoms with van der Waals surface area (Å²) in [6.07, 6.45) is 0. The van der Waals surface area contributed by atoms with Crippen LogP contribution in [0.5, 0.6) is 0 Å². The molecule has 6 heteroatoms. The molecule has 18 heavy (non-hydrogen) atoms. The molecule has 0 atom stereocenters. The molecule has 1 aromatic rings. The zero-order chi connectivity index (χ0) is 13.5. The highest BCUT2D eigenvalue weighted by atomic mass is 19.3. The molecule has 0 spiro atoms. The van der Waals surface area contributed by atoms with Crippen molar-refractivity contribution in [3.05, 3.63) is 28.6 Å². The first-order chi connectivity index (χ1) is 8.34. The molecule has 0 radical (unpaired) electrons. The average Bonchev–Trinajstić information content (AvgIpc) is 2.24. The van der Waals surface area contributed by atoms with E-state index in [1.54, 1.807) is 13.8 Å². The van der Waals surface area contributed by atoms with E-state index in [2.05, 4.69) is 4.98 Å². The highest BCUT2D eigenvalue weighted by Crippen LogP contribution is 2.29. The summed E-state index contributed by atoms with van der Waals surface area (Å²) >= 11 is 0. The molecule has 0 aromatic carbocycles. The minimum Gasteiger partial charge on any atom is -0.326 e. The maximum atomic E-state index is 12.7. The number of nitrogens with zero attached hydrogens (tertiary/aromatic N) is 3. The summed E-state index contributed by atoms with van der Waals surface area (Å²) in [6, 6.07) is 3.37. The normalized spacial score (nSPS) is 16.9. The largest absolute Gasteiger partial charge is 0.326 e. The number of likely N-dealkylation sites (tertiary alicyclic amines) is 1. The monoisotopic (exact) mass is 251 g/mol. The smallest absolute Gasteiger partial charge is 0.282 e. The van der Waals surface area contributed by atoms with E-state index < -0.39 is 24.9 Å². The summed E-state index contributed by atoms with van der Waals surface area (Å²) in [6.45, 7) is 2.16. The van der Waals surface area contributed by atoms with Crippen molar-refractivity contribution < 1.29 is 13.6 Å². The van der Waals surface area contributed by atoms with Gasteiger partial charge in [0.15, 0.2) is 0 Å². The highest BCUT2D eigenvalue weighted by Gasteiger charge is 2.46. The van der Waals surface area contributed by atoms with E-state index >= 15 is 0 Å². The second kappa shape index (κ2) is 4.02. The lowest BCUT2D eigenvalue weighted by Gasteiger charge is -2.39. The molecule has 0 N–H and O–H groups in total. The van der Waals surface area contributed by atoms with Crippen molar-refractivity contribution in [2.75, 3.05) is 13.1 Å². The van der Waals surface area contributed by atoms with Crippen molar-refractivity contribution in [1.82, 2.24) is 9.88 Å². The highest BCUT2D eigenvalue weighted by molar-refractivity contribution is 5.97. The SMILES string of the molecule is Cc1cc(C#N)nc(C)c1C(=O)N1CC(F)(F)C1. The van der Waals surface area contributed by atoms with Gasteiger partial charge in [0.25, 0.3) is 11.8 Å². The molecular formula is C12H11F2N3O. The van der Waals surface area contributed by atoms with Gasteiger partial charge in [-0.05, 0) is 25.5 Å². The Bertz CT molecular complexity index is 532. The standard InChI is InChI=1S/C12H11F2N3O/c1-7-3-9(4-15)16-8(2)10(7)11(18)17-5-12(13,14)6-17/h3H,5-6H2,1-2H3. The molecule has 0 bridgehead atoms. The van der Waals surface area contributed by atoms with Crippen LogP contribution in [-0.2, 0) is 0 Å². The zero-order valence-corrected chi connectivity index (χ0v) is 10.00. The molecule has 1 fully saturated rings. The van der Waals surface area contributed by atoms with E-state index in [-0.39, 0.29) is 5.69 Å². The number of aromatic nitrogens is 1. The Hall–Kier alpha value is -2.03. The predicted molar refractivity (Wildman–Crippen MR) is 59.3 cm³/mol. The number of pyridine rings is 1. The van der Waals surface area contributed by atoms with Gasteiger partial charge in [0.05, 0.1) is 24.3 Å². The number of carbonyl (C=O) groups excluding carboxylic acids is 1. The van der Waals surface area contributed by atoms with Crippen molar-refractivity contribution in [3.63, 3.8) is 0 Å². The zero-order valence-electron chi connectivity index (χ0n) is 10.00. The van der Waals surface area contributed by atoms with Gasteiger partial charge in [-0.15, -0.1) is 0 Å². The lowest BCUT2D eigenvalue weighted by Crippen LogP contribution is -2.58. The van der Waals surface area contributed by atoms with Crippen LogP contribution in [0.3, 0.4) is 0 Å². The second-order valence-corrected chi connectivity index (χ2v) is 4.41. The quantitative estimate of drug-likeness (QED) is 0.762. The fourth-order valence-electron chi connectivity index (χ4n) is 2.03. The summed E-state index contributed by atoms with van der Waals surface area (Å²) in [7, 11) is 0. The summed E-state index contributed by atoms with van der Waals surface area (Å²) in [5.74, 6) is -3.23. The molecule has 94 valence electrons. The van der Waals surface area contributed by atoms with E-state index in [0.29, 0.717) is 16.8 Å². The number of aryl methyl sites for hydroxylation is 2. The van der Waals surface area contributed by atoms with E-state index in [4.69, 9.17) is 5.26 Å². The van der Waals surface area contributed by atoms with Crippen LogP contribution in [0, 0.1) is 25.2 Å². The second-order valence-electron chi connectivity index (χ2n) is 4.41. The summed E-state index contributed by atoms with van der Waals surface area (Å²) in [5, 5.41) is 8.74. The third-order valence-corrected chi connectivity index (χ3v) is 2.86. The number of hydrogen-bond donors (Lipinski definition) is 0. The molecular weight excluding hydrogens is 240 g/mol. The Balaban J connectivity index is 2.30. The van der Waals surface area contributed by atoms with Crippen LogP contribution in [0.15, 0.2) is 6.07 Å². The van der Waals surface area contributed by atoms with Gasteiger partial charge in [0.1, 0.15) is 11.8 Å². The van der Waals surface area contributed by atoms with Crippen molar-refractivity contribution >= 4 is 5.91 Å². The fourth-order valence-corrected chi connectivity index (χ4v) is 2.03. The maximum Gasteiger partial charge on any atom is 0.282 e. The number of nitriles is 1. The lowest BCUT2D eigenvalue weighted by molar-refractivity contribution is -0.113. The topological polar surface area (TPSA) is 57.0 Å². The molecule has 1 saturated heterocycles. The number of amides is 1. The molecule has 0 aliphatic carbocycles. The van der Waals surface area contributed by atoms with Crippen molar-refractivity contribution in [2.24, 2.45) is 0 Å². The van der Waals surface area contributed by atoms with Crippen LogP contribution in [0.4, 0.5) is 8.78 Å². The molecule has 1 aromatic heterocycles. The van der Waals surface area contributed by atoms with Gasteiger partial charge in [-0.1, -0.05) is 0 Å². The average molecular weight is 251 g/mol. The lowest BCUT2D eigenvalue weighted by atomic mass is 10.0. The number of halogens is 2. The number of alkyl halides is 2. The minimum absolute atomic E-state index is 0.218. The Morgan fingerprint density at radius 2 is 2.11 bits per heavy atom. The fraction of sp³-hybridized carbons (Fsp3) is 0.417. The van der Waals surface area contributed by atoms with E-state index in [1.807, 2.05) is 6.07 Å². The van der Waals surface area contributed by atoms with Crippen LogP contribution in [0.1, 0.15) is 27.3 Å². The van der Waals surface area contributed by atoms with Crippen molar-refractivity contribution in [1.29, 1.82) is 5.26 Å². The maximum absolute atomic E-state index is 12.7. The van der Waals surface area contributed by atoms with Gasteiger partial charge in [0.2, 0.25) is 0 Å². The molecule has 2 rings (SSSR count). The van der Waals surface area contributed by atoms with Crippen LogP contribution >= 0.6 is 0 Å². The first-order valence-electron chi connectivity index (χ1n) is 5.39. The van der Waals surface area contributed by atoms with Crippen LogP contribution in [0.25, 0.3) is 0 Å². The summed E-state index contributed by atoms with van der Waals surface area (Å²) in [4.78, 5) is 17.1. The number of carbonyl (C=O) groups is 1. The van der Waals surface area contributed by atoms with E-state index in [9.17, 15) is 13.6 Å². The van der Waals surface area contributed by atoms with Gasteiger partial charge < -0.3 is 4.90 Å². The van der Waals surface area contributed by atoms with Crippen molar-refractivity contribution in [3.8, 4) is 6.07 Å². The molecule has 1 aliphatic rings. The summed E-state index contributed by atoms with van der Waals surface area (Å²) < 4.78 is 25.5. The van der Waals surface area contributed by atoms with Crippen LogP contribution in [-0.4, -0.2) is 34.8 Å². The van der Waals surface area contributed by atoms with Crippen LogP contribution < -0.4 is 0 Å². The third kappa shape index (κ3) is 2.04. The molecule has 1 aliphatic heterocycles. The minimum atomic E-state index is -2.78. The third-order valence-electron chi connectivity index (χ3n) is 2.86. The van der Waals surface area contributed by atoms with Crippen molar-refractivity contribution in [2.45, 2.75) is 19.8 Å². The van der Waals surface area contributed by atoms with Gasteiger partial charge in [0, 0.05) is 0 Å². The Labute approximate surface area is 103 Å². The molecule has 1 amide bonds. The Morgan fingerprint density at radius 3 is 2.56 bits per heavy atom. The molecule has 0 saturated carbocycles. The number of hydrogen-bond acceptors (Lipinski definition) is 3. The van der Waals surface area contributed by atoms with E-state index in [0.717, 1.165) is 4.90 Å². The van der Waals surface area contributed by atoms with Gasteiger partial charge in [-0.2, -0.15) is 5.26 Å². The first kappa shape index (κ1) is 12.4. The Morgan fingerprint density at radius 1 is 1.50 bits per heavy atom. The van der Waals surface area contributed by atoms with Gasteiger partial charge >= 0.3 is 0 Å². The first-order valence-corrected chi connectivity index (χ1v) is 5.39. The van der Waals surface area contributed by atoms with Gasteiger partial charge in [-0.25, -0.2) is 13.8 Å². The van der Waals surface area contributed by atoms with Crippen LogP contribution in [0.2, 0.25) is 0 Å². The molecule has 2 heterocycles. The number of rotatable bonds is 1. The Kier molecular flexibility index (Phi) is 2.77. The molecule has 0 unspecified atom stereocenters.